The van der Waals surface area contributed by atoms with Gasteiger partial charge < -0.3 is 0 Å². The van der Waals surface area contributed by atoms with E-state index in [9.17, 15) is 4.79 Å². The Balaban J connectivity index is 1.58. The Morgan fingerprint density at radius 3 is 2.19 bits per heavy atom. The van der Waals surface area contributed by atoms with Gasteiger partial charge in [-0.2, -0.15) is 0 Å². The van der Waals surface area contributed by atoms with Crippen LogP contribution in [0.25, 0.3) is 55.3 Å². The van der Waals surface area contributed by atoms with Gasteiger partial charge in [0.25, 0.3) is 0 Å². The van der Waals surface area contributed by atoms with E-state index in [1.165, 1.54) is 10.8 Å². The van der Waals surface area contributed by atoms with Gasteiger partial charge in [-0.25, -0.2) is 0 Å². The van der Waals surface area contributed by atoms with Gasteiger partial charge >= 0.3 is 0 Å². The van der Waals surface area contributed by atoms with Crippen LogP contribution < -0.4 is 0 Å². The number of benzene rings is 4. The SMILES string of the molecule is O=C1c2ccccc2-c2c1cc1c(c2Cl)-c2cccc3cc(-c4ccncc4)cc-1c23. The van der Waals surface area contributed by atoms with Crippen molar-refractivity contribution in [3.05, 3.63) is 101 Å². The molecule has 0 unspecified atom stereocenters. The molecule has 0 saturated heterocycles. The van der Waals surface area contributed by atoms with Crippen molar-refractivity contribution >= 4 is 28.2 Å². The molecule has 2 nitrogen and oxygen atoms in total. The van der Waals surface area contributed by atoms with Crippen LogP contribution in [0, 0.1) is 0 Å². The third-order valence-electron chi connectivity index (χ3n) is 6.50. The Morgan fingerprint density at radius 2 is 1.35 bits per heavy atom. The average molecular weight is 416 g/mol. The molecule has 5 aromatic rings. The van der Waals surface area contributed by atoms with E-state index in [0.717, 1.165) is 50.1 Å². The highest BCUT2D eigenvalue weighted by molar-refractivity contribution is 6.42. The molecule has 3 heteroatoms. The van der Waals surface area contributed by atoms with E-state index in [1.807, 2.05) is 54.9 Å². The quantitative estimate of drug-likeness (QED) is 0.279. The van der Waals surface area contributed by atoms with E-state index in [1.54, 1.807) is 0 Å². The lowest BCUT2D eigenvalue weighted by atomic mass is 9.95. The summed E-state index contributed by atoms with van der Waals surface area (Å²) in [5.74, 6) is 0.0489. The maximum atomic E-state index is 13.2. The van der Waals surface area contributed by atoms with Crippen LogP contribution >= 0.6 is 11.6 Å². The number of fused-ring (bicyclic) bond motifs is 6. The van der Waals surface area contributed by atoms with Crippen molar-refractivity contribution < 1.29 is 4.79 Å². The van der Waals surface area contributed by atoms with Gasteiger partial charge in [-0.15, -0.1) is 0 Å². The molecule has 2 aliphatic carbocycles. The maximum absolute atomic E-state index is 13.2. The molecule has 31 heavy (non-hydrogen) atoms. The highest BCUT2D eigenvalue weighted by atomic mass is 35.5. The largest absolute Gasteiger partial charge is 0.289 e. The van der Waals surface area contributed by atoms with E-state index >= 15 is 0 Å². The van der Waals surface area contributed by atoms with Gasteiger partial charge in [-0.1, -0.05) is 54.1 Å². The van der Waals surface area contributed by atoms with E-state index < -0.39 is 0 Å². The fourth-order valence-corrected chi connectivity index (χ4v) is 5.58. The summed E-state index contributed by atoms with van der Waals surface area (Å²) >= 11 is 7.06. The summed E-state index contributed by atoms with van der Waals surface area (Å²) in [6.45, 7) is 0. The Morgan fingerprint density at radius 1 is 0.613 bits per heavy atom. The molecule has 0 bridgehead atoms. The predicted octanol–water partition coefficient (Wildman–Crippen LogP) is 7.41. The number of carbonyl (C=O) groups excluding carboxylic acids is 1. The van der Waals surface area contributed by atoms with Crippen LogP contribution in [0.2, 0.25) is 5.02 Å². The molecule has 0 aliphatic heterocycles. The van der Waals surface area contributed by atoms with Crippen LogP contribution in [-0.2, 0) is 0 Å². The van der Waals surface area contributed by atoms with Crippen LogP contribution in [0.5, 0.6) is 0 Å². The van der Waals surface area contributed by atoms with Crippen molar-refractivity contribution in [2.24, 2.45) is 0 Å². The molecule has 2 aliphatic rings. The molecule has 0 fully saturated rings. The topological polar surface area (TPSA) is 30.0 Å². The zero-order chi connectivity index (χ0) is 20.7. The summed E-state index contributed by atoms with van der Waals surface area (Å²) in [5, 5.41) is 3.03. The van der Waals surface area contributed by atoms with Crippen LogP contribution in [0.3, 0.4) is 0 Å². The molecule has 144 valence electrons. The number of halogens is 1. The van der Waals surface area contributed by atoms with Crippen molar-refractivity contribution in [2.45, 2.75) is 0 Å². The third-order valence-corrected chi connectivity index (χ3v) is 6.88. The Labute approximate surface area is 183 Å². The number of ketones is 1. The lowest BCUT2D eigenvalue weighted by molar-refractivity contribution is 0.104. The van der Waals surface area contributed by atoms with Gasteiger partial charge in [-0.3, -0.25) is 9.78 Å². The lowest BCUT2D eigenvalue weighted by Crippen LogP contribution is -1.96. The van der Waals surface area contributed by atoms with Crippen molar-refractivity contribution in [2.75, 3.05) is 0 Å². The summed E-state index contributed by atoms with van der Waals surface area (Å²) in [5.41, 5.74) is 9.77. The van der Waals surface area contributed by atoms with Crippen LogP contribution in [-0.4, -0.2) is 10.8 Å². The van der Waals surface area contributed by atoms with Crippen LogP contribution in [0.1, 0.15) is 15.9 Å². The minimum Gasteiger partial charge on any atom is -0.289 e. The van der Waals surface area contributed by atoms with Gasteiger partial charge in [0.15, 0.2) is 5.78 Å². The van der Waals surface area contributed by atoms with E-state index in [2.05, 4.69) is 35.3 Å². The Bertz CT molecular complexity index is 1600. The second-order valence-electron chi connectivity index (χ2n) is 8.07. The number of hydrogen-bond acceptors (Lipinski definition) is 2. The number of pyridine rings is 1. The minimum absolute atomic E-state index is 0.0489. The van der Waals surface area contributed by atoms with Crippen molar-refractivity contribution in [3.63, 3.8) is 0 Å². The third kappa shape index (κ3) is 2.12. The summed E-state index contributed by atoms with van der Waals surface area (Å²) in [6.07, 6.45) is 3.62. The molecule has 4 aromatic carbocycles. The van der Waals surface area contributed by atoms with Gasteiger partial charge in [0.05, 0.1) is 5.02 Å². The molecule has 0 saturated carbocycles. The average Bonchev–Trinajstić information content (AvgIpc) is 3.29. The number of carbonyl (C=O) groups is 1. The van der Waals surface area contributed by atoms with Crippen molar-refractivity contribution in [3.8, 4) is 44.5 Å². The van der Waals surface area contributed by atoms with Gasteiger partial charge in [-0.05, 0) is 74.5 Å². The lowest BCUT2D eigenvalue weighted by Gasteiger charge is -2.11. The molecule has 0 amide bonds. The second kappa shape index (κ2) is 5.90. The number of nitrogens with zero attached hydrogens (tertiary/aromatic N) is 1. The summed E-state index contributed by atoms with van der Waals surface area (Å²) < 4.78 is 0. The molecule has 0 atom stereocenters. The molecule has 1 aromatic heterocycles. The highest BCUT2D eigenvalue weighted by Gasteiger charge is 2.34. The first-order chi connectivity index (χ1) is 15.2. The number of aromatic nitrogens is 1. The second-order valence-corrected chi connectivity index (χ2v) is 8.45. The fraction of sp³-hybridized carbons (Fsp3) is 0. The first kappa shape index (κ1) is 17.0. The Kier molecular flexibility index (Phi) is 3.23. The van der Waals surface area contributed by atoms with E-state index in [-0.39, 0.29) is 5.78 Å². The van der Waals surface area contributed by atoms with Crippen LogP contribution in [0.15, 0.2) is 85.2 Å². The number of hydrogen-bond donors (Lipinski definition) is 0. The summed E-state index contributed by atoms with van der Waals surface area (Å²) in [7, 11) is 0. The van der Waals surface area contributed by atoms with E-state index in [0.29, 0.717) is 10.6 Å². The standard InChI is InChI=1S/C28H14ClNO/c29-27-25-18-5-1-2-6-19(18)28(31)23(25)14-22-21-13-17(15-8-10-30-11-9-15)12-16-4-3-7-20(24(16)21)26(22)27/h1-14H. The molecular weight excluding hydrogens is 402 g/mol. The molecule has 1 heterocycles. The fourth-order valence-electron chi connectivity index (χ4n) is 5.17. The van der Waals surface area contributed by atoms with Gasteiger partial charge in [0, 0.05) is 34.6 Å². The number of rotatable bonds is 1. The van der Waals surface area contributed by atoms with Crippen molar-refractivity contribution in [1.82, 2.24) is 4.98 Å². The maximum Gasteiger partial charge on any atom is 0.194 e. The Hall–Kier alpha value is -3.75. The van der Waals surface area contributed by atoms with Crippen molar-refractivity contribution in [1.29, 1.82) is 0 Å². The zero-order valence-electron chi connectivity index (χ0n) is 16.3. The van der Waals surface area contributed by atoms with E-state index in [4.69, 9.17) is 11.6 Å². The zero-order valence-corrected chi connectivity index (χ0v) is 17.1. The van der Waals surface area contributed by atoms with Gasteiger partial charge in [0.2, 0.25) is 0 Å². The smallest absolute Gasteiger partial charge is 0.194 e. The van der Waals surface area contributed by atoms with Crippen LogP contribution in [0.4, 0.5) is 0 Å². The monoisotopic (exact) mass is 415 g/mol. The molecule has 0 N–H and O–H groups in total. The minimum atomic E-state index is 0.0489. The first-order valence-corrected chi connectivity index (χ1v) is 10.6. The molecule has 7 rings (SSSR count). The molecular formula is C28H14ClNO. The first-order valence-electron chi connectivity index (χ1n) is 10.2. The predicted molar refractivity (Wildman–Crippen MR) is 125 cm³/mol. The summed E-state index contributed by atoms with van der Waals surface area (Å²) in [6, 6.07) is 24.6. The van der Waals surface area contributed by atoms with Gasteiger partial charge in [0.1, 0.15) is 0 Å². The molecule has 0 spiro atoms. The highest BCUT2D eigenvalue weighted by Crippen LogP contribution is 2.56. The molecule has 0 radical (unpaired) electrons. The summed E-state index contributed by atoms with van der Waals surface area (Å²) in [4.78, 5) is 17.3. The normalized spacial score (nSPS) is 12.7.